The number of hydrogen-bond donors (Lipinski definition) is 2. The number of allylic oxidation sites excluding steroid dienone is 1. The van der Waals surface area contributed by atoms with Crippen LogP contribution in [0, 0.1) is 17.3 Å². The Balaban J connectivity index is 1.07. The summed E-state index contributed by atoms with van der Waals surface area (Å²) in [4.78, 5) is 28.7. The highest BCUT2D eigenvalue weighted by molar-refractivity contribution is 7.80. The van der Waals surface area contributed by atoms with Crippen molar-refractivity contribution < 1.29 is 14.0 Å². The highest BCUT2D eigenvalue weighted by Gasteiger charge is 2.43. The number of likely N-dealkylation sites (tertiary alicyclic amines) is 2. The first-order valence-corrected chi connectivity index (χ1v) is 11.8. The van der Waals surface area contributed by atoms with Gasteiger partial charge in [0.25, 0.3) is 5.91 Å². The third-order valence-corrected chi connectivity index (χ3v) is 8.01. The highest BCUT2D eigenvalue weighted by Crippen LogP contribution is 2.41. The van der Waals surface area contributed by atoms with E-state index in [1.165, 1.54) is 19.1 Å². The topological polar surface area (TPSA) is 77.8 Å². The summed E-state index contributed by atoms with van der Waals surface area (Å²) >= 11 is 5.75. The summed E-state index contributed by atoms with van der Waals surface area (Å²) in [5, 5.41) is 7.19. The van der Waals surface area contributed by atoms with E-state index in [4.69, 9.17) is 16.6 Å². The number of carbonyl (C=O) groups is 2. The molecule has 8 heteroatoms. The number of rotatable bonds is 4. The minimum Gasteiger partial charge on any atom is -0.459 e. The Morgan fingerprint density at radius 3 is 2.55 bits per heavy atom. The molecule has 5 rings (SSSR count). The van der Waals surface area contributed by atoms with Crippen LogP contribution in [-0.2, 0) is 4.79 Å². The Bertz CT molecular complexity index is 875. The fraction of sp³-hybridized carbons (Fsp3) is 0.609. The van der Waals surface area contributed by atoms with Gasteiger partial charge in [-0.3, -0.25) is 9.59 Å². The van der Waals surface area contributed by atoms with Crippen molar-refractivity contribution in [1.29, 1.82) is 0 Å². The third-order valence-electron chi connectivity index (χ3n) is 7.64. The molecule has 2 N–H and O–H groups in total. The molecule has 7 nitrogen and oxygen atoms in total. The van der Waals surface area contributed by atoms with Gasteiger partial charge in [0.1, 0.15) is 0 Å². The number of piperidine rings is 1. The van der Waals surface area contributed by atoms with Crippen LogP contribution in [0.5, 0.6) is 0 Å². The lowest BCUT2D eigenvalue weighted by Crippen LogP contribution is -2.49. The van der Waals surface area contributed by atoms with Crippen LogP contribution in [-0.4, -0.2) is 65.5 Å². The summed E-state index contributed by atoms with van der Waals surface area (Å²) in [5.74, 6) is 1.21. The molecule has 3 heterocycles. The van der Waals surface area contributed by atoms with Crippen molar-refractivity contribution in [2.24, 2.45) is 17.3 Å². The van der Waals surface area contributed by atoms with E-state index in [0.29, 0.717) is 12.0 Å². The van der Waals surface area contributed by atoms with E-state index in [1.807, 2.05) is 4.90 Å². The fourth-order valence-corrected chi connectivity index (χ4v) is 6.01. The molecular formula is C23H30N4O3S. The second-order valence-electron chi connectivity index (χ2n) is 9.55. The maximum atomic E-state index is 12.5. The molecule has 2 bridgehead atoms. The lowest BCUT2D eigenvalue weighted by atomic mass is 9.78. The molecule has 166 valence electrons. The zero-order valence-electron chi connectivity index (χ0n) is 17.7. The quantitative estimate of drug-likeness (QED) is 0.550. The van der Waals surface area contributed by atoms with Crippen LogP contribution < -0.4 is 10.6 Å². The molecule has 1 unspecified atom stereocenters. The summed E-state index contributed by atoms with van der Waals surface area (Å²) in [5.41, 5.74) is 0.245. The number of furan rings is 1. The molecule has 31 heavy (non-hydrogen) atoms. The second kappa shape index (κ2) is 8.30. The zero-order chi connectivity index (χ0) is 21.4. The minimum absolute atomic E-state index is 0.00462. The molecule has 3 fully saturated rings. The van der Waals surface area contributed by atoms with E-state index < -0.39 is 0 Å². The van der Waals surface area contributed by atoms with E-state index in [0.717, 1.165) is 56.5 Å². The van der Waals surface area contributed by atoms with Crippen LogP contribution in [0.2, 0.25) is 0 Å². The molecule has 2 amide bonds. The number of amides is 2. The first-order chi connectivity index (χ1) is 15.0. The van der Waals surface area contributed by atoms with Gasteiger partial charge in [-0.2, -0.15) is 0 Å². The van der Waals surface area contributed by atoms with Crippen molar-refractivity contribution >= 4 is 29.1 Å². The van der Waals surface area contributed by atoms with Crippen LogP contribution in [0.3, 0.4) is 0 Å². The molecule has 0 aromatic carbocycles. The fourth-order valence-electron chi connectivity index (χ4n) is 5.71. The highest BCUT2D eigenvalue weighted by atomic mass is 32.1. The molecule has 1 saturated carbocycles. The minimum atomic E-state index is -0.356. The summed E-state index contributed by atoms with van der Waals surface area (Å²) in [6, 6.07) is 3.74. The summed E-state index contributed by atoms with van der Waals surface area (Å²) < 4.78 is 5.06. The monoisotopic (exact) mass is 442 g/mol. The Hall–Kier alpha value is -2.35. The molecule has 2 saturated heterocycles. The lowest BCUT2D eigenvalue weighted by molar-refractivity contribution is -0.132. The van der Waals surface area contributed by atoms with Crippen molar-refractivity contribution in [1.82, 2.24) is 20.4 Å². The van der Waals surface area contributed by atoms with Crippen LogP contribution >= 0.6 is 12.2 Å². The number of carbonyl (C=O) groups excluding carboxylic acids is 2. The first-order valence-electron chi connectivity index (χ1n) is 11.3. The maximum absolute atomic E-state index is 12.5. The predicted molar refractivity (Wildman–Crippen MR) is 120 cm³/mol. The van der Waals surface area contributed by atoms with E-state index >= 15 is 0 Å². The number of fused-ring (bicyclic) bond motifs is 2. The normalized spacial score (nSPS) is 28.3. The van der Waals surface area contributed by atoms with Gasteiger partial charge in [0.05, 0.1) is 12.8 Å². The molecule has 2 aliphatic carbocycles. The van der Waals surface area contributed by atoms with Crippen LogP contribution in [0.4, 0.5) is 0 Å². The molecule has 4 aliphatic rings. The number of thiocarbonyl (C=S) groups is 1. The van der Waals surface area contributed by atoms with Gasteiger partial charge in [-0.15, -0.1) is 0 Å². The summed E-state index contributed by atoms with van der Waals surface area (Å²) in [6.07, 6.45) is 11.7. The van der Waals surface area contributed by atoms with Gasteiger partial charge in [0.15, 0.2) is 10.9 Å². The molecule has 1 aromatic heterocycles. The zero-order valence-corrected chi connectivity index (χ0v) is 18.5. The van der Waals surface area contributed by atoms with E-state index in [1.54, 1.807) is 12.1 Å². The average molecular weight is 443 g/mol. The number of hydrogen-bond acceptors (Lipinski definition) is 4. The molecule has 1 spiro atoms. The Labute approximate surface area is 188 Å². The molecular weight excluding hydrogens is 412 g/mol. The van der Waals surface area contributed by atoms with Crippen molar-refractivity contribution in [3.63, 3.8) is 0 Å². The molecule has 1 aromatic rings. The van der Waals surface area contributed by atoms with Crippen molar-refractivity contribution in [3.8, 4) is 0 Å². The van der Waals surface area contributed by atoms with E-state index in [-0.39, 0.29) is 29.5 Å². The van der Waals surface area contributed by atoms with Gasteiger partial charge in [0, 0.05) is 32.2 Å². The van der Waals surface area contributed by atoms with Gasteiger partial charge >= 0.3 is 0 Å². The van der Waals surface area contributed by atoms with E-state index in [9.17, 15) is 9.59 Å². The van der Waals surface area contributed by atoms with Crippen molar-refractivity contribution in [2.45, 2.75) is 38.1 Å². The summed E-state index contributed by atoms with van der Waals surface area (Å²) in [7, 11) is 0. The average Bonchev–Trinajstić information content (AvgIpc) is 3.57. The molecule has 2 aliphatic heterocycles. The lowest BCUT2D eigenvalue weighted by Gasteiger charge is -2.39. The Morgan fingerprint density at radius 2 is 1.90 bits per heavy atom. The van der Waals surface area contributed by atoms with Crippen LogP contribution in [0.1, 0.15) is 42.7 Å². The van der Waals surface area contributed by atoms with Crippen LogP contribution in [0.25, 0.3) is 0 Å². The van der Waals surface area contributed by atoms with Gasteiger partial charge in [-0.25, -0.2) is 0 Å². The summed E-state index contributed by atoms with van der Waals surface area (Å²) in [6.45, 7) is 3.45. The Kier molecular flexibility index (Phi) is 5.50. The second-order valence-corrected chi connectivity index (χ2v) is 9.94. The van der Waals surface area contributed by atoms with Gasteiger partial charge in [-0.1, -0.05) is 12.2 Å². The van der Waals surface area contributed by atoms with Crippen molar-refractivity contribution in [2.75, 3.05) is 32.7 Å². The maximum Gasteiger partial charge on any atom is 0.287 e. The third kappa shape index (κ3) is 4.22. The standard InChI is InChI=1S/C23H30N4O3S/c28-20(14-24-21(29)19-2-1-11-30-19)26-8-5-23(6-9-26)7-10-27(15-23)22(31)25-18-13-16-3-4-17(18)12-16/h1-4,11,16-18H,5-10,12-15H2,(H,24,29)(H,25,31)/t16-,17+,18?/m0/s1. The van der Waals surface area contributed by atoms with Crippen molar-refractivity contribution in [3.05, 3.63) is 36.3 Å². The van der Waals surface area contributed by atoms with Crippen LogP contribution in [0.15, 0.2) is 35.0 Å². The van der Waals surface area contributed by atoms with Gasteiger partial charge in [-0.05, 0) is 73.7 Å². The Morgan fingerprint density at radius 1 is 1.13 bits per heavy atom. The van der Waals surface area contributed by atoms with Gasteiger partial charge in [0.2, 0.25) is 5.91 Å². The smallest absolute Gasteiger partial charge is 0.287 e. The SMILES string of the molecule is O=C(NCC(=O)N1CCC2(CC1)CCN(C(=S)NC1C[C@H]3C=C[C@@H]1C3)C2)c1ccco1. The number of nitrogens with zero attached hydrogens (tertiary/aromatic N) is 2. The van der Waals surface area contributed by atoms with Gasteiger partial charge < -0.3 is 24.9 Å². The number of nitrogens with one attached hydrogen (secondary N) is 2. The largest absolute Gasteiger partial charge is 0.459 e. The molecule has 3 atom stereocenters. The predicted octanol–water partition coefficient (Wildman–Crippen LogP) is 2.16. The molecule has 0 radical (unpaired) electrons. The first kappa shape index (κ1) is 20.5. The van der Waals surface area contributed by atoms with E-state index in [2.05, 4.69) is 27.7 Å².